The molecule has 1 amide bonds. The average Bonchev–Trinajstić information content (AvgIpc) is 3.16. The van der Waals surface area contributed by atoms with E-state index in [1.54, 1.807) is 32.2 Å². The predicted molar refractivity (Wildman–Crippen MR) is 115 cm³/mol. The molecule has 0 aliphatic heterocycles. The summed E-state index contributed by atoms with van der Waals surface area (Å²) in [6.07, 6.45) is 1.05. The van der Waals surface area contributed by atoms with Gasteiger partial charge < -0.3 is 9.42 Å². The van der Waals surface area contributed by atoms with Gasteiger partial charge in [0.1, 0.15) is 6.54 Å². The van der Waals surface area contributed by atoms with E-state index in [4.69, 9.17) is 16.1 Å². The van der Waals surface area contributed by atoms with Crippen LogP contribution in [0.2, 0.25) is 5.02 Å². The van der Waals surface area contributed by atoms with Crippen LogP contribution in [0, 0.1) is 6.92 Å². The Kier molecular flexibility index (Phi) is 6.42. The summed E-state index contributed by atoms with van der Waals surface area (Å²) in [7, 11) is -2.17. The Morgan fingerprint density at radius 1 is 1.13 bits per heavy atom. The van der Waals surface area contributed by atoms with E-state index in [1.165, 1.54) is 4.90 Å². The first-order valence-corrected chi connectivity index (χ1v) is 11.2. The summed E-state index contributed by atoms with van der Waals surface area (Å²) in [5, 5.41) is 4.34. The normalized spacial score (nSPS) is 11.3. The zero-order chi connectivity index (χ0) is 21.9. The number of amides is 1. The molecule has 30 heavy (non-hydrogen) atoms. The van der Waals surface area contributed by atoms with Crippen molar-refractivity contribution in [2.45, 2.75) is 13.5 Å². The number of carbonyl (C=O) groups is 1. The van der Waals surface area contributed by atoms with Crippen LogP contribution in [0.3, 0.4) is 0 Å². The van der Waals surface area contributed by atoms with E-state index in [2.05, 4.69) is 10.1 Å². The fourth-order valence-electron chi connectivity index (χ4n) is 2.81. The lowest BCUT2D eigenvalue weighted by atomic mass is 10.2. The zero-order valence-corrected chi connectivity index (χ0v) is 18.3. The minimum Gasteiger partial charge on any atom is -0.337 e. The van der Waals surface area contributed by atoms with Crippen LogP contribution in [0.4, 0.5) is 5.69 Å². The molecule has 0 unspecified atom stereocenters. The van der Waals surface area contributed by atoms with E-state index >= 15 is 0 Å². The fraction of sp³-hybridized carbons (Fsp3) is 0.250. The molecule has 0 fully saturated rings. The molecule has 0 bridgehead atoms. The molecule has 0 aliphatic carbocycles. The van der Waals surface area contributed by atoms with E-state index in [1.807, 2.05) is 30.3 Å². The number of carbonyl (C=O) groups excluding carboxylic acids is 1. The second-order valence-electron chi connectivity index (χ2n) is 6.78. The third-order valence-corrected chi connectivity index (χ3v) is 6.02. The van der Waals surface area contributed by atoms with Gasteiger partial charge in [-0.2, -0.15) is 4.98 Å². The maximum atomic E-state index is 12.7. The van der Waals surface area contributed by atoms with Gasteiger partial charge in [0, 0.05) is 17.6 Å². The second kappa shape index (κ2) is 8.85. The molecule has 10 heteroatoms. The van der Waals surface area contributed by atoms with Gasteiger partial charge in [0.05, 0.1) is 18.5 Å². The lowest BCUT2D eigenvalue weighted by Gasteiger charge is -2.26. The molecule has 8 nitrogen and oxygen atoms in total. The first kappa shape index (κ1) is 21.8. The number of sulfonamides is 1. The van der Waals surface area contributed by atoms with Crippen molar-refractivity contribution in [3.05, 3.63) is 65.0 Å². The first-order chi connectivity index (χ1) is 14.2. The molecule has 0 radical (unpaired) electrons. The fourth-order valence-corrected chi connectivity index (χ4v) is 3.88. The van der Waals surface area contributed by atoms with Gasteiger partial charge in [-0.1, -0.05) is 53.2 Å². The van der Waals surface area contributed by atoms with Crippen LogP contribution in [-0.2, 0) is 21.4 Å². The number of aromatic nitrogens is 2. The molecular weight excluding hydrogens is 428 g/mol. The molecule has 0 aliphatic rings. The van der Waals surface area contributed by atoms with Gasteiger partial charge in [0.25, 0.3) is 0 Å². The van der Waals surface area contributed by atoms with Gasteiger partial charge in [0.2, 0.25) is 27.6 Å². The maximum Gasteiger partial charge on any atom is 0.246 e. The molecule has 0 N–H and O–H groups in total. The maximum absolute atomic E-state index is 12.7. The summed E-state index contributed by atoms with van der Waals surface area (Å²) in [5.74, 6) is 0.229. The van der Waals surface area contributed by atoms with Gasteiger partial charge in [-0.25, -0.2) is 8.42 Å². The highest BCUT2D eigenvalue weighted by Gasteiger charge is 2.25. The summed E-state index contributed by atoms with van der Waals surface area (Å²) in [6.45, 7) is 1.37. The Morgan fingerprint density at radius 3 is 2.50 bits per heavy atom. The molecule has 0 saturated heterocycles. The standard InChI is InChI=1S/C20H21ClN4O4S/c1-14-16(21)10-7-11-17(14)25(30(3,27)28)13-19(26)24(2)12-18-22-20(23-29-18)15-8-5-4-6-9-15/h4-11H,12-13H2,1-3H3. The first-order valence-electron chi connectivity index (χ1n) is 9.01. The monoisotopic (exact) mass is 448 g/mol. The van der Waals surface area contributed by atoms with Crippen molar-refractivity contribution >= 4 is 33.2 Å². The Labute approximate surface area is 180 Å². The van der Waals surface area contributed by atoms with E-state index < -0.39 is 15.9 Å². The number of rotatable bonds is 7. The van der Waals surface area contributed by atoms with Gasteiger partial charge >= 0.3 is 0 Å². The molecule has 2 aromatic carbocycles. The quantitative estimate of drug-likeness (QED) is 0.551. The van der Waals surface area contributed by atoms with Crippen molar-refractivity contribution in [2.24, 2.45) is 0 Å². The lowest BCUT2D eigenvalue weighted by molar-refractivity contribution is -0.129. The Hall–Kier alpha value is -2.91. The summed E-state index contributed by atoms with van der Waals surface area (Å²) in [4.78, 5) is 18.4. The van der Waals surface area contributed by atoms with Crippen molar-refractivity contribution in [1.29, 1.82) is 0 Å². The Morgan fingerprint density at radius 2 is 1.83 bits per heavy atom. The summed E-state index contributed by atoms with van der Waals surface area (Å²) in [6, 6.07) is 14.2. The van der Waals surface area contributed by atoms with Gasteiger partial charge in [0.15, 0.2) is 0 Å². The van der Waals surface area contributed by atoms with Crippen molar-refractivity contribution in [1.82, 2.24) is 15.0 Å². The van der Waals surface area contributed by atoms with Crippen LogP contribution in [0.15, 0.2) is 53.1 Å². The molecule has 1 heterocycles. The van der Waals surface area contributed by atoms with Crippen LogP contribution in [-0.4, -0.2) is 49.2 Å². The third-order valence-electron chi connectivity index (χ3n) is 4.49. The highest BCUT2D eigenvalue weighted by atomic mass is 35.5. The smallest absolute Gasteiger partial charge is 0.246 e. The van der Waals surface area contributed by atoms with Crippen molar-refractivity contribution < 1.29 is 17.7 Å². The number of hydrogen-bond donors (Lipinski definition) is 0. The molecule has 3 aromatic rings. The molecule has 0 saturated carbocycles. The summed E-state index contributed by atoms with van der Waals surface area (Å²) < 4.78 is 31.0. The predicted octanol–water partition coefficient (Wildman–Crippen LogP) is 3.12. The van der Waals surface area contributed by atoms with E-state index in [0.717, 1.165) is 16.1 Å². The van der Waals surface area contributed by atoms with E-state index in [9.17, 15) is 13.2 Å². The molecular formula is C20H21ClN4O4S. The number of likely N-dealkylation sites (N-methyl/N-ethyl adjacent to an activating group) is 1. The zero-order valence-electron chi connectivity index (χ0n) is 16.7. The number of benzene rings is 2. The SMILES string of the molecule is Cc1c(Cl)cccc1N(CC(=O)N(C)Cc1nc(-c2ccccc2)no1)S(C)(=O)=O. The van der Waals surface area contributed by atoms with E-state index in [0.29, 0.717) is 22.1 Å². The topological polar surface area (TPSA) is 96.6 Å². The van der Waals surface area contributed by atoms with Gasteiger partial charge in [-0.15, -0.1) is 0 Å². The van der Waals surface area contributed by atoms with Gasteiger partial charge in [-0.05, 0) is 24.6 Å². The Bertz CT molecular complexity index is 1150. The van der Waals surface area contributed by atoms with Crippen LogP contribution in [0.5, 0.6) is 0 Å². The number of halogens is 1. The molecule has 1 aromatic heterocycles. The van der Waals surface area contributed by atoms with Crippen LogP contribution >= 0.6 is 11.6 Å². The highest BCUT2D eigenvalue weighted by molar-refractivity contribution is 7.92. The van der Waals surface area contributed by atoms with Gasteiger partial charge in [-0.3, -0.25) is 9.10 Å². The number of hydrogen-bond acceptors (Lipinski definition) is 6. The number of anilines is 1. The summed E-state index contributed by atoms with van der Waals surface area (Å²) in [5.41, 5.74) is 1.72. The van der Waals surface area contributed by atoms with Crippen molar-refractivity contribution in [3.8, 4) is 11.4 Å². The average molecular weight is 449 g/mol. The molecule has 0 spiro atoms. The van der Waals surface area contributed by atoms with Crippen LogP contribution in [0.1, 0.15) is 11.5 Å². The largest absolute Gasteiger partial charge is 0.337 e. The summed E-state index contributed by atoms with van der Waals surface area (Å²) >= 11 is 6.12. The minimum absolute atomic E-state index is 0.0464. The van der Waals surface area contributed by atoms with Crippen LogP contribution < -0.4 is 4.31 Å². The number of nitrogens with zero attached hydrogens (tertiary/aromatic N) is 4. The minimum atomic E-state index is -3.71. The third kappa shape index (κ3) is 4.98. The van der Waals surface area contributed by atoms with Crippen molar-refractivity contribution in [3.63, 3.8) is 0 Å². The van der Waals surface area contributed by atoms with Crippen LogP contribution in [0.25, 0.3) is 11.4 Å². The Balaban J connectivity index is 1.75. The van der Waals surface area contributed by atoms with Crippen molar-refractivity contribution in [2.75, 3.05) is 24.2 Å². The highest BCUT2D eigenvalue weighted by Crippen LogP contribution is 2.28. The second-order valence-corrected chi connectivity index (χ2v) is 9.10. The van der Waals surface area contributed by atoms with E-state index in [-0.39, 0.29) is 19.0 Å². The molecule has 158 valence electrons. The molecule has 3 rings (SSSR count). The molecule has 0 atom stereocenters. The lowest BCUT2D eigenvalue weighted by Crippen LogP contribution is -2.41.